The zero-order chi connectivity index (χ0) is 14.7. The second-order valence-electron chi connectivity index (χ2n) is 7.11. The monoisotopic (exact) mass is 264 g/mol. The molecule has 0 fully saturated rings. The predicted octanol–water partition coefficient (Wildman–Crippen LogP) is 4.09. The van der Waals surface area contributed by atoms with Crippen LogP contribution in [0.2, 0.25) is 0 Å². The summed E-state index contributed by atoms with van der Waals surface area (Å²) in [4.78, 5) is 0. The van der Waals surface area contributed by atoms with E-state index in [9.17, 15) is 0 Å². The topological polar surface area (TPSA) is 29.5 Å². The van der Waals surface area contributed by atoms with Gasteiger partial charge in [0, 0.05) is 6.61 Å². The molecule has 0 bridgehead atoms. The normalized spacial score (nSPS) is 12.6. The Bertz CT molecular complexity index is 408. The molecule has 1 rings (SSSR count). The molecule has 1 aromatic rings. The molecule has 0 aliphatic carbocycles. The van der Waals surface area contributed by atoms with E-state index in [-0.39, 0.29) is 17.6 Å². The third-order valence-electron chi connectivity index (χ3n) is 2.95. The molecule has 108 valence electrons. The standard InChI is InChI=1S/C17H28O2/c1-16(2,3)14-9-10-15(19-17(4,5)6)13(12-14)8-7-11-18/h9-10,12,18H,7-8,11H2,1-6H3. The van der Waals surface area contributed by atoms with Crippen molar-refractivity contribution in [2.75, 3.05) is 6.61 Å². The Balaban J connectivity index is 3.09. The molecular formula is C17H28O2. The quantitative estimate of drug-likeness (QED) is 0.887. The van der Waals surface area contributed by atoms with Crippen LogP contribution in [0.1, 0.15) is 59.1 Å². The van der Waals surface area contributed by atoms with Gasteiger partial charge in [0.25, 0.3) is 0 Å². The molecule has 0 aromatic heterocycles. The van der Waals surface area contributed by atoms with E-state index in [4.69, 9.17) is 9.84 Å². The van der Waals surface area contributed by atoms with Crippen molar-refractivity contribution in [3.8, 4) is 5.75 Å². The van der Waals surface area contributed by atoms with Crippen LogP contribution in [0.3, 0.4) is 0 Å². The van der Waals surface area contributed by atoms with E-state index in [1.54, 1.807) is 0 Å². The minimum Gasteiger partial charge on any atom is -0.488 e. The van der Waals surface area contributed by atoms with E-state index < -0.39 is 0 Å². The molecule has 2 heteroatoms. The average Bonchev–Trinajstić information content (AvgIpc) is 2.24. The van der Waals surface area contributed by atoms with Gasteiger partial charge in [-0.25, -0.2) is 0 Å². The molecule has 19 heavy (non-hydrogen) atoms. The third kappa shape index (κ3) is 5.23. The molecule has 0 saturated heterocycles. The van der Waals surface area contributed by atoms with E-state index >= 15 is 0 Å². The smallest absolute Gasteiger partial charge is 0.123 e. The van der Waals surface area contributed by atoms with Crippen LogP contribution < -0.4 is 4.74 Å². The first-order chi connectivity index (χ1) is 8.63. The number of benzene rings is 1. The van der Waals surface area contributed by atoms with Gasteiger partial charge >= 0.3 is 0 Å². The number of hydrogen-bond acceptors (Lipinski definition) is 2. The van der Waals surface area contributed by atoms with E-state index in [0.717, 1.165) is 18.6 Å². The molecule has 0 saturated carbocycles. The maximum absolute atomic E-state index is 9.04. The van der Waals surface area contributed by atoms with E-state index in [1.165, 1.54) is 11.1 Å². The summed E-state index contributed by atoms with van der Waals surface area (Å²) in [6.45, 7) is 13.0. The van der Waals surface area contributed by atoms with E-state index in [0.29, 0.717) is 0 Å². The van der Waals surface area contributed by atoms with Gasteiger partial charge in [-0.2, -0.15) is 0 Å². The number of hydrogen-bond donors (Lipinski definition) is 1. The van der Waals surface area contributed by atoms with Gasteiger partial charge in [-0.3, -0.25) is 0 Å². The summed E-state index contributed by atoms with van der Waals surface area (Å²) in [6, 6.07) is 6.43. The first-order valence-electron chi connectivity index (χ1n) is 7.07. The van der Waals surface area contributed by atoms with E-state index in [1.807, 2.05) is 0 Å². The largest absolute Gasteiger partial charge is 0.488 e. The zero-order valence-corrected chi connectivity index (χ0v) is 13.2. The SMILES string of the molecule is CC(C)(C)Oc1ccc(C(C)(C)C)cc1CCCO. The van der Waals surface area contributed by atoms with Crippen LogP contribution >= 0.6 is 0 Å². The first kappa shape index (κ1) is 16.0. The van der Waals surface area contributed by atoms with Crippen molar-refractivity contribution in [2.24, 2.45) is 0 Å². The van der Waals surface area contributed by atoms with Crippen LogP contribution in [-0.2, 0) is 11.8 Å². The number of aryl methyl sites for hydroxylation is 1. The fourth-order valence-electron chi connectivity index (χ4n) is 1.94. The Labute approximate surface area is 117 Å². The Hall–Kier alpha value is -1.02. The summed E-state index contributed by atoms with van der Waals surface area (Å²) in [7, 11) is 0. The molecule has 0 aliphatic rings. The van der Waals surface area contributed by atoms with Crippen molar-refractivity contribution in [1.82, 2.24) is 0 Å². The molecule has 0 spiro atoms. The molecule has 0 radical (unpaired) electrons. The van der Waals surface area contributed by atoms with Crippen LogP contribution in [0.15, 0.2) is 18.2 Å². The summed E-state index contributed by atoms with van der Waals surface area (Å²) < 4.78 is 6.02. The third-order valence-corrected chi connectivity index (χ3v) is 2.95. The lowest BCUT2D eigenvalue weighted by atomic mass is 9.85. The Morgan fingerprint density at radius 2 is 1.68 bits per heavy atom. The Kier molecular flexibility index (Phi) is 5.03. The van der Waals surface area contributed by atoms with Crippen LogP contribution in [0, 0.1) is 0 Å². The maximum Gasteiger partial charge on any atom is 0.123 e. The zero-order valence-electron chi connectivity index (χ0n) is 13.2. The van der Waals surface area contributed by atoms with Gasteiger partial charge < -0.3 is 9.84 Å². The molecule has 1 aromatic carbocycles. The molecule has 0 aliphatic heterocycles. The minimum atomic E-state index is -0.197. The van der Waals surface area contributed by atoms with Crippen molar-refractivity contribution in [3.05, 3.63) is 29.3 Å². The minimum absolute atomic E-state index is 0.133. The highest BCUT2D eigenvalue weighted by molar-refractivity contribution is 5.40. The van der Waals surface area contributed by atoms with Crippen molar-refractivity contribution in [1.29, 1.82) is 0 Å². The van der Waals surface area contributed by atoms with Gasteiger partial charge in [0.2, 0.25) is 0 Å². The fourth-order valence-corrected chi connectivity index (χ4v) is 1.94. The van der Waals surface area contributed by atoms with Crippen molar-refractivity contribution < 1.29 is 9.84 Å². The van der Waals surface area contributed by atoms with Crippen molar-refractivity contribution >= 4 is 0 Å². The summed E-state index contributed by atoms with van der Waals surface area (Å²) in [5.41, 5.74) is 2.43. The molecule has 0 unspecified atom stereocenters. The molecule has 0 atom stereocenters. The molecule has 0 amide bonds. The lowest BCUT2D eigenvalue weighted by molar-refractivity contribution is 0.129. The molecular weight excluding hydrogens is 236 g/mol. The number of aliphatic hydroxyl groups is 1. The van der Waals surface area contributed by atoms with Crippen LogP contribution in [0.5, 0.6) is 5.75 Å². The maximum atomic E-state index is 9.04. The number of ether oxygens (including phenoxy) is 1. The molecule has 2 nitrogen and oxygen atoms in total. The summed E-state index contributed by atoms with van der Waals surface area (Å²) in [5.74, 6) is 0.939. The van der Waals surface area contributed by atoms with Crippen LogP contribution in [-0.4, -0.2) is 17.3 Å². The summed E-state index contributed by atoms with van der Waals surface area (Å²) in [5, 5.41) is 9.04. The van der Waals surface area contributed by atoms with Gasteiger partial charge in [0.05, 0.1) is 0 Å². The highest BCUT2D eigenvalue weighted by atomic mass is 16.5. The van der Waals surface area contributed by atoms with Crippen molar-refractivity contribution in [3.63, 3.8) is 0 Å². The average molecular weight is 264 g/mol. The van der Waals surface area contributed by atoms with E-state index in [2.05, 4.69) is 59.7 Å². The second kappa shape index (κ2) is 5.96. The Morgan fingerprint density at radius 3 is 2.16 bits per heavy atom. The summed E-state index contributed by atoms with van der Waals surface area (Å²) in [6.07, 6.45) is 1.62. The van der Waals surface area contributed by atoms with Crippen LogP contribution in [0.25, 0.3) is 0 Å². The second-order valence-corrected chi connectivity index (χ2v) is 7.11. The lowest BCUT2D eigenvalue weighted by Crippen LogP contribution is -2.24. The summed E-state index contributed by atoms with van der Waals surface area (Å²) >= 11 is 0. The van der Waals surface area contributed by atoms with Gasteiger partial charge in [-0.1, -0.05) is 32.9 Å². The molecule has 0 heterocycles. The number of aliphatic hydroxyl groups excluding tert-OH is 1. The highest BCUT2D eigenvalue weighted by Crippen LogP contribution is 2.30. The fraction of sp³-hybridized carbons (Fsp3) is 0.647. The van der Waals surface area contributed by atoms with Crippen LogP contribution in [0.4, 0.5) is 0 Å². The number of rotatable bonds is 4. The van der Waals surface area contributed by atoms with Gasteiger partial charge in [0.15, 0.2) is 0 Å². The van der Waals surface area contributed by atoms with Gasteiger partial charge in [-0.15, -0.1) is 0 Å². The Morgan fingerprint density at radius 1 is 1.05 bits per heavy atom. The van der Waals surface area contributed by atoms with Gasteiger partial charge in [-0.05, 0) is 56.2 Å². The van der Waals surface area contributed by atoms with Crippen molar-refractivity contribution in [2.45, 2.75) is 65.4 Å². The lowest BCUT2D eigenvalue weighted by Gasteiger charge is -2.26. The molecule has 1 N–H and O–H groups in total. The highest BCUT2D eigenvalue weighted by Gasteiger charge is 2.18. The first-order valence-corrected chi connectivity index (χ1v) is 7.07. The van der Waals surface area contributed by atoms with Gasteiger partial charge in [0.1, 0.15) is 11.4 Å². The predicted molar refractivity (Wildman–Crippen MR) is 80.9 cm³/mol.